The van der Waals surface area contributed by atoms with Gasteiger partial charge in [0.1, 0.15) is 5.82 Å². The van der Waals surface area contributed by atoms with Gasteiger partial charge >= 0.3 is 0 Å². The van der Waals surface area contributed by atoms with Crippen LogP contribution in [0.2, 0.25) is 0 Å². The molecule has 0 saturated carbocycles. The van der Waals surface area contributed by atoms with Crippen molar-refractivity contribution in [3.05, 3.63) is 59.7 Å². The van der Waals surface area contributed by atoms with Crippen molar-refractivity contribution in [2.75, 3.05) is 12.3 Å². The first-order valence-electron chi connectivity index (χ1n) is 10.7. The minimum absolute atomic E-state index is 0.0624. The van der Waals surface area contributed by atoms with Crippen LogP contribution in [0.4, 0.5) is 5.82 Å². The first kappa shape index (κ1) is 21.8. The third-order valence-corrected chi connectivity index (χ3v) is 5.53. The molecule has 0 unspecified atom stereocenters. The van der Waals surface area contributed by atoms with Crippen LogP contribution >= 0.6 is 0 Å². The summed E-state index contributed by atoms with van der Waals surface area (Å²) in [4.78, 5) is 17.1. The molecule has 1 heterocycles. The molecule has 1 atom stereocenters. The zero-order valence-electron chi connectivity index (χ0n) is 18.8. The molecule has 2 aromatic carbocycles. The van der Waals surface area contributed by atoms with E-state index in [1.165, 1.54) is 11.1 Å². The lowest BCUT2D eigenvalue weighted by Crippen LogP contribution is -2.32. The second-order valence-corrected chi connectivity index (χ2v) is 9.46. The zero-order valence-corrected chi connectivity index (χ0v) is 18.8. The number of aromatic nitrogens is 1. The number of aryl methyl sites for hydroxylation is 1. The molecule has 1 amide bonds. The number of nitrogens with two attached hydrogens (primary N) is 1. The summed E-state index contributed by atoms with van der Waals surface area (Å²) in [5.74, 6) is 0.402. The van der Waals surface area contributed by atoms with Gasteiger partial charge in [0.25, 0.3) is 0 Å². The number of nitrogens with one attached hydrogen (secondary N) is 1. The predicted molar refractivity (Wildman–Crippen MR) is 126 cm³/mol. The molecule has 0 bridgehead atoms. The van der Waals surface area contributed by atoms with Gasteiger partial charge in [-0.3, -0.25) is 4.79 Å². The van der Waals surface area contributed by atoms with E-state index in [4.69, 9.17) is 5.73 Å². The Bertz CT molecular complexity index is 1050. The number of benzene rings is 2. The molecule has 0 aliphatic heterocycles. The van der Waals surface area contributed by atoms with Crippen molar-refractivity contribution < 1.29 is 4.79 Å². The van der Waals surface area contributed by atoms with Crippen LogP contribution in [-0.4, -0.2) is 17.4 Å². The number of pyridine rings is 1. The second-order valence-electron chi connectivity index (χ2n) is 9.46. The third-order valence-electron chi connectivity index (χ3n) is 5.53. The predicted octanol–water partition coefficient (Wildman–Crippen LogP) is 5.52. The molecule has 0 fully saturated rings. The lowest BCUT2D eigenvalue weighted by atomic mass is 9.92. The van der Waals surface area contributed by atoms with Crippen LogP contribution in [0.15, 0.2) is 48.5 Å². The Morgan fingerprint density at radius 3 is 2.57 bits per heavy atom. The van der Waals surface area contributed by atoms with Gasteiger partial charge in [-0.25, -0.2) is 4.98 Å². The minimum atomic E-state index is -0.161. The van der Waals surface area contributed by atoms with E-state index in [1.54, 1.807) is 0 Å². The first-order valence-corrected chi connectivity index (χ1v) is 10.7. The molecular weight excluding hydrogens is 370 g/mol. The summed E-state index contributed by atoms with van der Waals surface area (Å²) in [5.41, 5.74) is 11.8. The summed E-state index contributed by atoms with van der Waals surface area (Å²) in [6, 6.07) is 16.7. The third kappa shape index (κ3) is 5.38. The van der Waals surface area contributed by atoms with Crippen LogP contribution in [-0.2, 0) is 11.2 Å². The SMILES string of the molecule is Cc1ccccc1-c1ccc2nc(N)c(C[C@H](C)C(=O)NCCC(C)(C)C)cc2c1. The van der Waals surface area contributed by atoms with Crippen LogP contribution in [0, 0.1) is 18.3 Å². The van der Waals surface area contributed by atoms with Crippen LogP contribution in [0.5, 0.6) is 0 Å². The van der Waals surface area contributed by atoms with Gasteiger partial charge in [-0.2, -0.15) is 0 Å². The molecule has 0 saturated heterocycles. The molecule has 30 heavy (non-hydrogen) atoms. The minimum Gasteiger partial charge on any atom is -0.383 e. The van der Waals surface area contributed by atoms with Crippen molar-refractivity contribution in [3.63, 3.8) is 0 Å². The Labute approximate surface area is 179 Å². The van der Waals surface area contributed by atoms with Gasteiger partial charge in [-0.05, 0) is 65.6 Å². The van der Waals surface area contributed by atoms with Crippen LogP contribution in [0.3, 0.4) is 0 Å². The highest BCUT2D eigenvalue weighted by molar-refractivity contribution is 5.87. The quantitative estimate of drug-likeness (QED) is 0.569. The summed E-state index contributed by atoms with van der Waals surface area (Å²) < 4.78 is 0. The number of fused-ring (bicyclic) bond motifs is 1. The van der Waals surface area contributed by atoms with Gasteiger partial charge in [0, 0.05) is 17.8 Å². The van der Waals surface area contributed by atoms with Crippen LogP contribution < -0.4 is 11.1 Å². The lowest BCUT2D eigenvalue weighted by Gasteiger charge is -2.19. The molecule has 4 nitrogen and oxygen atoms in total. The molecular formula is C26H33N3O. The molecule has 0 aliphatic carbocycles. The molecule has 3 aromatic rings. The van der Waals surface area contributed by atoms with E-state index in [9.17, 15) is 4.79 Å². The first-order chi connectivity index (χ1) is 14.1. The second kappa shape index (κ2) is 8.86. The largest absolute Gasteiger partial charge is 0.383 e. The number of rotatable bonds is 6. The standard InChI is InChI=1S/C26H33N3O/c1-17-8-6-7-9-22(17)19-10-11-23-20(15-19)16-21(24(27)29-23)14-18(2)25(30)28-13-12-26(3,4)5/h6-11,15-16,18H,12-14H2,1-5H3,(H2,27,29)(H,28,30)/t18-/m0/s1. The fourth-order valence-electron chi connectivity index (χ4n) is 3.62. The molecule has 158 valence electrons. The summed E-state index contributed by atoms with van der Waals surface area (Å²) in [5, 5.41) is 4.09. The van der Waals surface area contributed by atoms with Gasteiger partial charge in [0.2, 0.25) is 5.91 Å². The highest BCUT2D eigenvalue weighted by atomic mass is 16.1. The van der Waals surface area contributed by atoms with E-state index in [0.29, 0.717) is 18.8 Å². The molecule has 0 aliphatic rings. The van der Waals surface area contributed by atoms with E-state index in [0.717, 1.165) is 28.5 Å². The van der Waals surface area contributed by atoms with Crippen molar-refractivity contribution in [1.82, 2.24) is 10.3 Å². The van der Waals surface area contributed by atoms with Crippen LogP contribution in [0.1, 0.15) is 45.2 Å². The monoisotopic (exact) mass is 403 g/mol. The average Bonchev–Trinajstić information content (AvgIpc) is 2.67. The Kier molecular flexibility index (Phi) is 6.45. The van der Waals surface area contributed by atoms with Crippen molar-refractivity contribution in [2.24, 2.45) is 11.3 Å². The summed E-state index contributed by atoms with van der Waals surface area (Å²) in [6.45, 7) is 11.3. The number of amides is 1. The van der Waals surface area contributed by atoms with Crippen LogP contribution in [0.25, 0.3) is 22.0 Å². The van der Waals surface area contributed by atoms with E-state index in [1.807, 2.05) is 19.1 Å². The average molecular weight is 404 g/mol. The Hall–Kier alpha value is -2.88. The number of carbonyl (C=O) groups excluding carboxylic acids is 1. The maximum atomic E-state index is 12.5. The highest BCUT2D eigenvalue weighted by Gasteiger charge is 2.17. The summed E-state index contributed by atoms with van der Waals surface area (Å²) in [6.07, 6.45) is 1.53. The van der Waals surface area contributed by atoms with Crippen molar-refractivity contribution in [1.29, 1.82) is 0 Å². The van der Waals surface area contributed by atoms with Gasteiger partial charge in [-0.15, -0.1) is 0 Å². The van der Waals surface area contributed by atoms with Crippen molar-refractivity contribution in [2.45, 2.75) is 47.5 Å². The van der Waals surface area contributed by atoms with E-state index in [2.05, 4.69) is 74.4 Å². The molecule has 4 heteroatoms. The number of anilines is 1. The Morgan fingerprint density at radius 1 is 1.13 bits per heavy atom. The van der Waals surface area contributed by atoms with E-state index in [-0.39, 0.29) is 17.2 Å². The summed E-state index contributed by atoms with van der Waals surface area (Å²) in [7, 11) is 0. The maximum Gasteiger partial charge on any atom is 0.223 e. The van der Waals surface area contributed by atoms with Crippen molar-refractivity contribution >= 4 is 22.6 Å². The fourth-order valence-corrected chi connectivity index (χ4v) is 3.62. The Morgan fingerprint density at radius 2 is 1.87 bits per heavy atom. The summed E-state index contributed by atoms with van der Waals surface area (Å²) >= 11 is 0. The normalized spacial score (nSPS) is 12.7. The van der Waals surface area contributed by atoms with E-state index < -0.39 is 0 Å². The molecule has 1 aromatic heterocycles. The van der Waals surface area contributed by atoms with E-state index >= 15 is 0 Å². The number of hydrogen-bond donors (Lipinski definition) is 2. The highest BCUT2D eigenvalue weighted by Crippen LogP contribution is 2.28. The zero-order chi connectivity index (χ0) is 21.9. The number of nitrogen functional groups attached to an aromatic ring is 1. The van der Waals surface area contributed by atoms with Crippen molar-refractivity contribution in [3.8, 4) is 11.1 Å². The number of nitrogens with zero attached hydrogens (tertiary/aromatic N) is 1. The smallest absolute Gasteiger partial charge is 0.223 e. The number of carbonyl (C=O) groups is 1. The lowest BCUT2D eigenvalue weighted by molar-refractivity contribution is -0.124. The topological polar surface area (TPSA) is 68.0 Å². The maximum absolute atomic E-state index is 12.5. The number of hydrogen-bond acceptors (Lipinski definition) is 3. The van der Waals surface area contributed by atoms with Gasteiger partial charge in [0.15, 0.2) is 0 Å². The fraction of sp³-hybridized carbons (Fsp3) is 0.385. The Balaban J connectivity index is 1.79. The molecule has 0 spiro atoms. The van der Waals surface area contributed by atoms with Gasteiger partial charge in [-0.1, -0.05) is 58.0 Å². The van der Waals surface area contributed by atoms with Gasteiger partial charge in [0.05, 0.1) is 5.52 Å². The molecule has 0 radical (unpaired) electrons. The van der Waals surface area contributed by atoms with Gasteiger partial charge < -0.3 is 11.1 Å². The molecule has 3 rings (SSSR count). The molecule has 3 N–H and O–H groups in total.